The van der Waals surface area contributed by atoms with Crippen molar-refractivity contribution in [3.8, 4) is 0 Å². The third-order valence-electron chi connectivity index (χ3n) is 4.65. The van der Waals surface area contributed by atoms with Gasteiger partial charge in [-0.3, -0.25) is 9.59 Å². The second-order valence-electron chi connectivity index (χ2n) is 6.50. The van der Waals surface area contributed by atoms with Crippen LogP contribution in [0.3, 0.4) is 0 Å². The van der Waals surface area contributed by atoms with E-state index in [9.17, 15) is 9.59 Å². The fourth-order valence-electron chi connectivity index (χ4n) is 3.27. The molecule has 1 amide bonds. The predicted octanol–water partition coefficient (Wildman–Crippen LogP) is 1.82. The molecule has 1 fully saturated rings. The molecule has 0 saturated carbocycles. The molecule has 138 valence electrons. The Morgan fingerprint density at radius 3 is 2.78 bits per heavy atom. The van der Waals surface area contributed by atoms with E-state index in [1.807, 2.05) is 6.07 Å². The minimum absolute atomic E-state index is 0.126. The Labute approximate surface area is 155 Å². The standard InChI is InChI=1S/C19H20N6O2/c26-17(21-16-8-5-10-20-18(16)24-11-3-4-12-24)9-13-25-19(27)14-6-1-2-7-15(14)22-23-25/h1-2,5-8,10H,3-4,9,11-13H2,(H,21,26). The predicted molar refractivity (Wildman–Crippen MR) is 103 cm³/mol. The van der Waals surface area contributed by atoms with Gasteiger partial charge in [0.25, 0.3) is 5.56 Å². The summed E-state index contributed by atoms with van der Waals surface area (Å²) in [6.45, 7) is 2.06. The number of nitrogens with zero attached hydrogens (tertiary/aromatic N) is 5. The number of pyridine rings is 1. The highest BCUT2D eigenvalue weighted by atomic mass is 16.2. The molecule has 1 aliphatic rings. The third kappa shape index (κ3) is 3.64. The molecular weight excluding hydrogens is 344 g/mol. The van der Waals surface area contributed by atoms with Crippen molar-refractivity contribution < 1.29 is 4.79 Å². The van der Waals surface area contributed by atoms with Gasteiger partial charge in [0.15, 0.2) is 5.82 Å². The van der Waals surface area contributed by atoms with E-state index in [4.69, 9.17) is 0 Å². The molecule has 0 aliphatic carbocycles. The molecule has 1 aromatic carbocycles. The van der Waals surface area contributed by atoms with Crippen molar-refractivity contribution >= 4 is 28.3 Å². The number of nitrogens with one attached hydrogen (secondary N) is 1. The van der Waals surface area contributed by atoms with E-state index in [1.165, 1.54) is 4.68 Å². The maximum atomic E-state index is 12.4. The van der Waals surface area contributed by atoms with Crippen LogP contribution in [0.25, 0.3) is 10.9 Å². The maximum absolute atomic E-state index is 12.4. The van der Waals surface area contributed by atoms with E-state index in [-0.39, 0.29) is 24.4 Å². The molecule has 1 saturated heterocycles. The molecule has 4 rings (SSSR count). The topological polar surface area (TPSA) is 93.0 Å². The SMILES string of the molecule is O=C(CCn1nnc2ccccc2c1=O)Nc1cccnc1N1CCCC1. The van der Waals surface area contributed by atoms with Crippen LogP contribution in [0.1, 0.15) is 19.3 Å². The van der Waals surface area contributed by atoms with Crippen LogP contribution >= 0.6 is 0 Å². The van der Waals surface area contributed by atoms with Crippen LogP contribution in [0.4, 0.5) is 11.5 Å². The molecule has 0 atom stereocenters. The zero-order valence-corrected chi connectivity index (χ0v) is 14.8. The van der Waals surface area contributed by atoms with Gasteiger partial charge in [-0.05, 0) is 37.1 Å². The van der Waals surface area contributed by atoms with Crippen LogP contribution in [0, 0.1) is 0 Å². The summed E-state index contributed by atoms with van der Waals surface area (Å²) in [7, 11) is 0. The molecule has 27 heavy (non-hydrogen) atoms. The first-order valence-electron chi connectivity index (χ1n) is 9.05. The quantitative estimate of drug-likeness (QED) is 0.742. The zero-order valence-electron chi connectivity index (χ0n) is 14.8. The lowest BCUT2D eigenvalue weighted by Gasteiger charge is -2.19. The lowest BCUT2D eigenvalue weighted by Crippen LogP contribution is -2.27. The van der Waals surface area contributed by atoms with Crippen LogP contribution in [0.2, 0.25) is 0 Å². The first kappa shape index (κ1) is 17.1. The fourth-order valence-corrected chi connectivity index (χ4v) is 3.27. The summed E-state index contributed by atoms with van der Waals surface area (Å²) in [5.74, 6) is 0.608. The Morgan fingerprint density at radius 2 is 1.93 bits per heavy atom. The molecular formula is C19H20N6O2. The summed E-state index contributed by atoms with van der Waals surface area (Å²) in [6, 6.07) is 10.7. The molecule has 8 nitrogen and oxygen atoms in total. The van der Waals surface area contributed by atoms with Crippen LogP contribution in [-0.4, -0.2) is 39.0 Å². The number of carbonyl (C=O) groups excluding carboxylic acids is 1. The largest absolute Gasteiger partial charge is 0.355 e. The number of aromatic nitrogens is 4. The minimum Gasteiger partial charge on any atom is -0.355 e. The van der Waals surface area contributed by atoms with Crippen molar-refractivity contribution in [3.05, 3.63) is 52.9 Å². The summed E-state index contributed by atoms with van der Waals surface area (Å²) >= 11 is 0. The van der Waals surface area contributed by atoms with Crippen LogP contribution < -0.4 is 15.8 Å². The molecule has 0 radical (unpaired) electrons. The summed E-state index contributed by atoms with van der Waals surface area (Å²) in [5.41, 5.74) is 1.00. The lowest BCUT2D eigenvalue weighted by atomic mass is 10.2. The van der Waals surface area contributed by atoms with Crippen LogP contribution in [0.15, 0.2) is 47.4 Å². The van der Waals surface area contributed by atoms with Gasteiger partial charge in [-0.25, -0.2) is 9.67 Å². The van der Waals surface area contributed by atoms with Gasteiger partial charge in [-0.15, -0.1) is 5.10 Å². The lowest BCUT2D eigenvalue weighted by molar-refractivity contribution is -0.116. The normalized spacial score (nSPS) is 13.9. The van der Waals surface area contributed by atoms with Gasteiger partial charge in [0.05, 0.1) is 17.6 Å². The molecule has 3 aromatic rings. The van der Waals surface area contributed by atoms with Crippen molar-refractivity contribution in [1.29, 1.82) is 0 Å². The molecule has 2 aromatic heterocycles. The molecule has 0 bridgehead atoms. The average molecular weight is 364 g/mol. The van der Waals surface area contributed by atoms with Gasteiger partial charge < -0.3 is 10.2 Å². The smallest absolute Gasteiger partial charge is 0.277 e. The molecule has 1 aliphatic heterocycles. The summed E-state index contributed by atoms with van der Waals surface area (Å²) < 4.78 is 1.23. The van der Waals surface area contributed by atoms with Gasteiger partial charge in [0, 0.05) is 25.7 Å². The number of hydrogen-bond donors (Lipinski definition) is 1. The van der Waals surface area contributed by atoms with E-state index in [0.29, 0.717) is 16.6 Å². The number of hydrogen-bond acceptors (Lipinski definition) is 6. The van der Waals surface area contributed by atoms with Gasteiger partial charge in [0.1, 0.15) is 5.52 Å². The Hall–Kier alpha value is -3.29. The van der Waals surface area contributed by atoms with E-state index >= 15 is 0 Å². The van der Waals surface area contributed by atoms with Crippen LogP contribution in [0.5, 0.6) is 0 Å². The highest BCUT2D eigenvalue weighted by Gasteiger charge is 2.18. The van der Waals surface area contributed by atoms with Crippen LogP contribution in [-0.2, 0) is 11.3 Å². The number of carbonyl (C=O) groups is 1. The number of benzene rings is 1. The number of anilines is 2. The third-order valence-corrected chi connectivity index (χ3v) is 4.65. The molecule has 3 heterocycles. The van der Waals surface area contributed by atoms with Crippen molar-refractivity contribution in [3.63, 3.8) is 0 Å². The molecule has 1 N–H and O–H groups in total. The Bertz CT molecular complexity index is 1030. The van der Waals surface area contributed by atoms with Crippen molar-refractivity contribution in [2.24, 2.45) is 0 Å². The minimum atomic E-state index is -0.243. The average Bonchev–Trinajstić information content (AvgIpc) is 3.23. The fraction of sp³-hybridized carbons (Fsp3) is 0.316. The molecule has 8 heteroatoms. The Balaban J connectivity index is 1.45. The first-order valence-corrected chi connectivity index (χ1v) is 9.05. The summed E-state index contributed by atoms with van der Waals surface area (Å²) in [5, 5.41) is 11.4. The van der Waals surface area contributed by atoms with E-state index in [1.54, 1.807) is 36.5 Å². The highest BCUT2D eigenvalue weighted by molar-refractivity contribution is 5.93. The van der Waals surface area contributed by atoms with Gasteiger partial charge in [-0.2, -0.15) is 0 Å². The van der Waals surface area contributed by atoms with E-state index in [2.05, 4.69) is 25.5 Å². The first-order chi connectivity index (χ1) is 13.2. The van der Waals surface area contributed by atoms with Gasteiger partial charge >= 0.3 is 0 Å². The monoisotopic (exact) mass is 364 g/mol. The molecule has 0 unspecified atom stereocenters. The number of fused-ring (bicyclic) bond motifs is 1. The number of aryl methyl sites for hydroxylation is 1. The van der Waals surface area contributed by atoms with Crippen molar-refractivity contribution in [2.45, 2.75) is 25.8 Å². The molecule has 0 spiro atoms. The zero-order chi connectivity index (χ0) is 18.6. The Morgan fingerprint density at radius 1 is 1.11 bits per heavy atom. The second-order valence-corrected chi connectivity index (χ2v) is 6.50. The van der Waals surface area contributed by atoms with Gasteiger partial charge in [0.2, 0.25) is 5.91 Å². The number of amides is 1. The van der Waals surface area contributed by atoms with Crippen molar-refractivity contribution in [2.75, 3.05) is 23.3 Å². The van der Waals surface area contributed by atoms with E-state index in [0.717, 1.165) is 31.7 Å². The summed E-state index contributed by atoms with van der Waals surface area (Å²) in [6.07, 6.45) is 4.12. The van der Waals surface area contributed by atoms with Gasteiger partial charge in [-0.1, -0.05) is 17.3 Å². The maximum Gasteiger partial charge on any atom is 0.277 e. The number of rotatable bonds is 5. The second kappa shape index (κ2) is 7.53. The summed E-state index contributed by atoms with van der Waals surface area (Å²) in [4.78, 5) is 31.4. The Kier molecular flexibility index (Phi) is 4.78. The van der Waals surface area contributed by atoms with E-state index < -0.39 is 0 Å². The van der Waals surface area contributed by atoms with Crippen molar-refractivity contribution in [1.82, 2.24) is 20.0 Å². The highest BCUT2D eigenvalue weighted by Crippen LogP contribution is 2.26.